The van der Waals surface area contributed by atoms with Crippen molar-refractivity contribution in [1.82, 2.24) is 4.90 Å². The molecule has 5 nitrogen and oxygen atoms in total. The second-order valence-electron chi connectivity index (χ2n) is 4.43. The summed E-state index contributed by atoms with van der Waals surface area (Å²) in [6.45, 7) is 3.36. The fraction of sp³-hybridized carbons (Fsp3) is 1.00. The van der Waals surface area contributed by atoms with Gasteiger partial charge in [-0.05, 0) is 13.5 Å². The Morgan fingerprint density at radius 2 is 2.19 bits per heavy atom. The van der Waals surface area contributed by atoms with Gasteiger partial charge in [-0.15, -0.1) is 12.4 Å². The maximum atomic E-state index is 11.1. The lowest BCUT2D eigenvalue weighted by atomic mass is 9.92. The van der Waals surface area contributed by atoms with E-state index >= 15 is 0 Å². The molecule has 0 radical (unpaired) electrons. The van der Waals surface area contributed by atoms with Gasteiger partial charge in [0.25, 0.3) is 5.54 Å². The van der Waals surface area contributed by atoms with Crippen molar-refractivity contribution < 1.29 is 9.66 Å². The van der Waals surface area contributed by atoms with Gasteiger partial charge in [0.1, 0.15) is 6.61 Å². The normalized spacial score (nSPS) is 26.1. The predicted molar refractivity (Wildman–Crippen MR) is 64.6 cm³/mol. The van der Waals surface area contributed by atoms with E-state index in [4.69, 9.17) is 4.74 Å². The van der Waals surface area contributed by atoms with Crippen molar-refractivity contribution >= 4 is 12.4 Å². The van der Waals surface area contributed by atoms with E-state index in [-0.39, 0.29) is 23.9 Å². The molecule has 1 heterocycles. The van der Waals surface area contributed by atoms with Crippen LogP contribution < -0.4 is 0 Å². The van der Waals surface area contributed by atoms with Crippen LogP contribution in [0.15, 0.2) is 0 Å². The minimum atomic E-state index is -0.873. The molecule has 1 unspecified atom stereocenters. The van der Waals surface area contributed by atoms with Crippen molar-refractivity contribution in [1.29, 1.82) is 0 Å². The van der Waals surface area contributed by atoms with Crippen LogP contribution in [0.1, 0.15) is 32.6 Å². The van der Waals surface area contributed by atoms with Gasteiger partial charge in [0.2, 0.25) is 0 Å². The lowest BCUT2D eigenvalue weighted by Crippen LogP contribution is -2.55. The van der Waals surface area contributed by atoms with Crippen molar-refractivity contribution in [3.63, 3.8) is 0 Å². The number of rotatable bonds is 5. The highest BCUT2D eigenvalue weighted by molar-refractivity contribution is 5.85. The van der Waals surface area contributed by atoms with Gasteiger partial charge in [-0.1, -0.05) is 19.8 Å². The van der Waals surface area contributed by atoms with E-state index in [0.29, 0.717) is 19.7 Å². The number of nitrogens with zero attached hydrogens (tertiary/aromatic N) is 2. The van der Waals surface area contributed by atoms with Gasteiger partial charge in [-0.25, -0.2) is 0 Å². The zero-order valence-corrected chi connectivity index (χ0v) is 10.8. The Kier molecular flexibility index (Phi) is 6.87. The van der Waals surface area contributed by atoms with E-state index in [2.05, 4.69) is 6.92 Å². The molecule has 0 aliphatic carbocycles. The Labute approximate surface area is 103 Å². The minimum absolute atomic E-state index is 0. The first kappa shape index (κ1) is 15.6. The molecule has 1 atom stereocenters. The van der Waals surface area contributed by atoms with Crippen molar-refractivity contribution in [2.24, 2.45) is 0 Å². The Morgan fingerprint density at radius 1 is 1.50 bits per heavy atom. The Balaban J connectivity index is 0.00000225. The van der Waals surface area contributed by atoms with E-state index in [1.54, 1.807) is 0 Å². The first-order valence-electron chi connectivity index (χ1n) is 5.51. The van der Waals surface area contributed by atoms with Gasteiger partial charge in [-0.2, -0.15) is 0 Å². The van der Waals surface area contributed by atoms with Gasteiger partial charge >= 0.3 is 0 Å². The molecule has 16 heavy (non-hydrogen) atoms. The number of nitro groups is 1. The summed E-state index contributed by atoms with van der Waals surface area (Å²) in [7, 11) is 1.86. The van der Waals surface area contributed by atoms with E-state index < -0.39 is 5.54 Å². The topological polar surface area (TPSA) is 55.6 Å². The molecule has 0 amide bonds. The summed E-state index contributed by atoms with van der Waals surface area (Å²) in [5.41, 5.74) is -0.873. The third-order valence-electron chi connectivity index (χ3n) is 2.88. The monoisotopic (exact) mass is 252 g/mol. The molecule has 0 spiro atoms. The van der Waals surface area contributed by atoms with Crippen LogP contribution in [0.25, 0.3) is 0 Å². The van der Waals surface area contributed by atoms with E-state index in [1.165, 1.54) is 0 Å². The molecular formula is C10H21ClN2O3. The molecule has 0 N–H and O–H groups in total. The first-order chi connectivity index (χ1) is 7.10. The molecule has 96 valence electrons. The number of hydrogen-bond acceptors (Lipinski definition) is 4. The summed E-state index contributed by atoms with van der Waals surface area (Å²) in [5, 5.41) is 11.1. The van der Waals surface area contributed by atoms with Crippen LogP contribution >= 0.6 is 12.4 Å². The van der Waals surface area contributed by atoms with Crippen LogP contribution in [-0.4, -0.2) is 42.3 Å². The van der Waals surface area contributed by atoms with Gasteiger partial charge < -0.3 is 4.74 Å². The van der Waals surface area contributed by atoms with Crippen LogP contribution in [0.2, 0.25) is 0 Å². The van der Waals surface area contributed by atoms with Gasteiger partial charge in [0, 0.05) is 11.3 Å². The zero-order chi connectivity index (χ0) is 11.3. The highest BCUT2D eigenvalue weighted by atomic mass is 35.5. The Bertz CT molecular complexity index is 228. The molecule has 1 aliphatic rings. The predicted octanol–water partition coefficient (Wildman–Crippen LogP) is 1.92. The summed E-state index contributed by atoms with van der Waals surface area (Å²) in [4.78, 5) is 12.8. The van der Waals surface area contributed by atoms with Crippen molar-refractivity contribution in [3.8, 4) is 0 Å². The van der Waals surface area contributed by atoms with Crippen molar-refractivity contribution in [3.05, 3.63) is 10.1 Å². The third kappa shape index (κ3) is 3.88. The largest absolute Gasteiger partial charge is 0.359 e. The number of likely N-dealkylation sites (N-methyl/N-ethyl adjacent to an activating group) is 1. The standard InChI is InChI=1S/C10H20N2O3.ClH/c1-3-4-5-6-10(12(13)14)7-11(2)9-15-8-10;/h3-9H2,1-2H3;1H. The second-order valence-corrected chi connectivity index (χ2v) is 4.43. The Hall–Kier alpha value is -0.390. The van der Waals surface area contributed by atoms with E-state index in [0.717, 1.165) is 19.3 Å². The summed E-state index contributed by atoms with van der Waals surface area (Å²) in [5.74, 6) is 0. The summed E-state index contributed by atoms with van der Waals surface area (Å²) in [6.07, 6.45) is 3.68. The maximum absolute atomic E-state index is 11.1. The third-order valence-corrected chi connectivity index (χ3v) is 2.88. The van der Waals surface area contributed by atoms with Crippen LogP contribution in [0, 0.1) is 10.1 Å². The molecule has 1 fully saturated rings. The minimum Gasteiger partial charge on any atom is -0.359 e. The zero-order valence-electron chi connectivity index (χ0n) is 9.98. The van der Waals surface area contributed by atoms with Crippen molar-refractivity contribution in [2.75, 3.05) is 26.9 Å². The number of halogens is 1. The summed E-state index contributed by atoms with van der Waals surface area (Å²) < 4.78 is 5.27. The second kappa shape index (κ2) is 7.04. The highest BCUT2D eigenvalue weighted by Crippen LogP contribution is 2.24. The average Bonchev–Trinajstić information content (AvgIpc) is 2.18. The molecule has 0 bridgehead atoms. The molecule has 0 aromatic heterocycles. The molecule has 1 saturated heterocycles. The SMILES string of the molecule is CCCCCC1([N+](=O)[O-])COCN(C)C1.Cl. The maximum Gasteiger partial charge on any atom is 0.257 e. The van der Waals surface area contributed by atoms with E-state index in [9.17, 15) is 10.1 Å². The van der Waals surface area contributed by atoms with Crippen molar-refractivity contribution in [2.45, 2.75) is 38.1 Å². The fourth-order valence-corrected chi connectivity index (χ4v) is 2.04. The van der Waals surface area contributed by atoms with Crippen LogP contribution in [0.5, 0.6) is 0 Å². The van der Waals surface area contributed by atoms with Gasteiger partial charge in [-0.3, -0.25) is 15.0 Å². The summed E-state index contributed by atoms with van der Waals surface area (Å²) >= 11 is 0. The average molecular weight is 253 g/mol. The Morgan fingerprint density at radius 3 is 2.69 bits per heavy atom. The molecular weight excluding hydrogens is 232 g/mol. The van der Waals surface area contributed by atoms with Gasteiger partial charge in [0.05, 0.1) is 13.3 Å². The van der Waals surface area contributed by atoms with Crippen LogP contribution in [-0.2, 0) is 4.74 Å². The molecule has 0 aromatic rings. The lowest BCUT2D eigenvalue weighted by Gasteiger charge is -2.34. The molecule has 1 rings (SSSR count). The molecule has 6 heteroatoms. The quantitative estimate of drug-likeness (QED) is 0.426. The molecule has 0 aromatic carbocycles. The number of ether oxygens (including phenoxy) is 1. The highest BCUT2D eigenvalue weighted by Gasteiger charge is 2.46. The fourth-order valence-electron chi connectivity index (χ4n) is 2.04. The molecule has 1 aliphatic heterocycles. The molecule has 0 saturated carbocycles. The summed E-state index contributed by atoms with van der Waals surface area (Å²) in [6, 6.07) is 0. The number of hydrogen-bond donors (Lipinski definition) is 0. The first-order valence-corrected chi connectivity index (χ1v) is 5.51. The van der Waals surface area contributed by atoms with Crippen LogP contribution in [0.4, 0.5) is 0 Å². The number of unbranched alkanes of at least 4 members (excludes halogenated alkanes) is 2. The van der Waals surface area contributed by atoms with Gasteiger partial charge in [0.15, 0.2) is 0 Å². The lowest BCUT2D eigenvalue weighted by molar-refractivity contribution is -0.582. The smallest absolute Gasteiger partial charge is 0.257 e. The van der Waals surface area contributed by atoms with E-state index in [1.807, 2.05) is 11.9 Å². The van der Waals surface area contributed by atoms with Crippen LogP contribution in [0.3, 0.4) is 0 Å².